The van der Waals surface area contributed by atoms with Crippen LogP contribution in [0, 0.1) is 6.92 Å². The lowest BCUT2D eigenvalue weighted by Gasteiger charge is -2.13. The zero-order valence-corrected chi connectivity index (χ0v) is 12.2. The average molecular weight is 304 g/mol. The summed E-state index contributed by atoms with van der Waals surface area (Å²) >= 11 is 0. The van der Waals surface area contributed by atoms with Gasteiger partial charge in [0.1, 0.15) is 11.5 Å². The highest BCUT2D eigenvalue weighted by atomic mass is 16.6. The van der Waals surface area contributed by atoms with Gasteiger partial charge in [0.05, 0.1) is 0 Å². The van der Waals surface area contributed by atoms with Crippen LogP contribution in [0.5, 0.6) is 5.75 Å². The van der Waals surface area contributed by atoms with Crippen LogP contribution < -0.4 is 10.1 Å². The highest BCUT2D eigenvalue weighted by Crippen LogP contribution is 2.11. The number of anilines is 1. The van der Waals surface area contributed by atoms with Gasteiger partial charge in [0, 0.05) is 6.07 Å². The van der Waals surface area contributed by atoms with Crippen molar-refractivity contribution in [2.75, 3.05) is 11.9 Å². The Balaban J connectivity index is 1.75. The van der Waals surface area contributed by atoms with Crippen LogP contribution in [0.15, 0.2) is 40.9 Å². The van der Waals surface area contributed by atoms with E-state index in [1.807, 2.05) is 6.07 Å². The predicted molar refractivity (Wildman–Crippen MR) is 77.4 cm³/mol. The fourth-order valence-electron chi connectivity index (χ4n) is 1.61. The number of carbonyl (C=O) groups is 2. The molecule has 1 N–H and O–H groups in total. The molecule has 1 atom stereocenters. The molecule has 0 aliphatic carbocycles. The minimum absolute atomic E-state index is 0.270. The fraction of sp³-hybridized carbons (Fsp3) is 0.267. The van der Waals surface area contributed by atoms with E-state index in [9.17, 15) is 9.59 Å². The number of esters is 1. The number of para-hydroxylation sites is 1. The summed E-state index contributed by atoms with van der Waals surface area (Å²) in [5, 5.41) is 6.05. The van der Waals surface area contributed by atoms with Crippen molar-refractivity contribution in [2.24, 2.45) is 0 Å². The standard InChI is InChI=1S/C15H16N2O5/c1-10-8-13(17-22-10)16-14(18)9-20-15(19)11(2)21-12-6-4-3-5-7-12/h3-8,11H,9H2,1-2H3,(H,16,17,18)/t11-/m1/s1. The highest BCUT2D eigenvalue weighted by Gasteiger charge is 2.18. The van der Waals surface area contributed by atoms with Crippen molar-refractivity contribution in [3.8, 4) is 5.75 Å². The Kier molecular flexibility index (Phi) is 5.13. The monoisotopic (exact) mass is 304 g/mol. The summed E-state index contributed by atoms with van der Waals surface area (Å²) in [4.78, 5) is 23.3. The van der Waals surface area contributed by atoms with Crippen molar-refractivity contribution in [3.63, 3.8) is 0 Å². The van der Waals surface area contributed by atoms with Crippen molar-refractivity contribution >= 4 is 17.7 Å². The molecule has 7 nitrogen and oxygen atoms in total. The largest absolute Gasteiger partial charge is 0.479 e. The number of nitrogens with one attached hydrogen (secondary N) is 1. The van der Waals surface area contributed by atoms with Gasteiger partial charge in [0.2, 0.25) is 0 Å². The lowest BCUT2D eigenvalue weighted by molar-refractivity contribution is -0.153. The molecule has 0 aliphatic rings. The molecule has 0 fully saturated rings. The number of benzene rings is 1. The zero-order valence-electron chi connectivity index (χ0n) is 12.2. The van der Waals surface area contributed by atoms with E-state index >= 15 is 0 Å². The van der Waals surface area contributed by atoms with Gasteiger partial charge >= 0.3 is 5.97 Å². The summed E-state index contributed by atoms with van der Waals surface area (Å²) in [5.74, 6) is 0.252. The Bertz CT molecular complexity index is 638. The number of hydrogen-bond acceptors (Lipinski definition) is 6. The van der Waals surface area contributed by atoms with Gasteiger partial charge in [-0.15, -0.1) is 0 Å². The minimum atomic E-state index is -0.815. The van der Waals surface area contributed by atoms with E-state index in [1.54, 1.807) is 44.2 Å². The van der Waals surface area contributed by atoms with Crippen LogP contribution in [0.25, 0.3) is 0 Å². The average Bonchev–Trinajstić information content (AvgIpc) is 2.90. The maximum absolute atomic E-state index is 11.7. The molecule has 7 heteroatoms. The number of aromatic nitrogens is 1. The number of rotatable bonds is 6. The van der Waals surface area contributed by atoms with Crippen LogP contribution in [0.4, 0.5) is 5.82 Å². The lowest BCUT2D eigenvalue weighted by atomic mass is 10.3. The molecule has 116 valence electrons. The van der Waals surface area contributed by atoms with E-state index in [0.29, 0.717) is 11.5 Å². The summed E-state index contributed by atoms with van der Waals surface area (Å²) in [6.07, 6.45) is -0.815. The van der Waals surface area contributed by atoms with Gasteiger partial charge < -0.3 is 19.3 Å². The molecule has 0 radical (unpaired) electrons. The number of amides is 1. The molecule has 1 aromatic carbocycles. The maximum Gasteiger partial charge on any atom is 0.347 e. The smallest absolute Gasteiger partial charge is 0.347 e. The first-order chi connectivity index (χ1) is 10.5. The summed E-state index contributed by atoms with van der Waals surface area (Å²) in [5.41, 5.74) is 0. The van der Waals surface area contributed by atoms with Crippen molar-refractivity contribution in [1.29, 1.82) is 0 Å². The van der Waals surface area contributed by atoms with Crippen molar-refractivity contribution in [2.45, 2.75) is 20.0 Å². The zero-order chi connectivity index (χ0) is 15.9. The van der Waals surface area contributed by atoms with Crippen molar-refractivity contribution in [3.05, 3.63) is 42.2 Å². The first-order valence-corrected chi connectivity index (χ1v) is 6.66. The van der Waals surface area contributed by atoms with Crippen LogP contribution in [0.3, 0.4) is 0 Å². The van der Waals surface area contributed by atoms with Crippen LogP contribution in [0.2, 0.25) is 0 Å². The van der Waals surface area contributed by atoms with Gasteiger partial charge in [-0.3, -0.25) is 4.79 Å². The molecule has 2 aromatic rings. The van der Waals surface area contributed by atoms with Gasteiger partial charge in [0.15, 0.2) is 18.5 Å². The number of ether oxygens (including phenoxy) is 2. The third-order valence-corrected chi connectivity index (χ3v) is 2.63. The second kappa shape index (κ2) is 7.26. The Morgan fingerprint density at radius 1 is 1.32 bits per heavy atom. The molecule has 0 saturated carbocycles. The number of carbonyl (C=O) groups excluding carboxylic acids is 2. The summed E-state index contributed by atoms with van der Waals surface area (Å²) in [6, 6.07) is 10.4. The summed E-state index contributed by atoms with van der Waals surface area (Å²) in [6.45, 7) is 2.83. The molecule has 1 amide bonds. The van der Waals surface area contributed by atoms with E-state index in [4.69, 9.17) is 14.0 Å². The maximum atomic E-state index is 11.7. The SMILES string of the molecule is Cc1cc(NC(=O)COC(=O)[C@@H](C)Oc2ccccc2)no1. The summed E-state index contributed by atoms with van der Waals surface area (Å²) in [7, 11) is 0. The third kappa shape index (κ3) is 4.62. The predicted octanol–water partition coefficient (Wildman–Crippen LogP) is 1.93. The van der Waals surface area contributed by atoms with Crippen molar-refractivity contribution in [1.82, 2.24) is 5.16 Å². The number of hydrogen-bond donors (Lipinski definition) is 1. The van der Waals surface area contributed by atoms with Crippen LogP contribution in [-0.2, 0) is 14.3 Å². The van der Waals surface area contributed by atoms with E-state index in [2.05, 4.69) is 10.5 Å². The molecule has 0 bridgehead atoms. The van der Waals surface area contributed by atoms with E-state index in [-0.39, 0.29) is 5.82 Å². The molecule has 2 rings (SSSR count). The molecular weight excluding hydrogens is 288 g/mol. The Morgan fingerprint density at radius 2 is 2.05 bits per heavy atom. The normalized spacial score (nSPS) is 11.5. The Labute approximate surface area is 127 Å². The Hall–Kier alpha value is -2.83. The molecular formula is C15H16N2O5. The molecule has 22 heavy (non-hydrogen) atoms. The second-order valence-electron chi connectivity index (χ2n) is 4.55. The van der Waals surface area contributed by atoms with Gasteiger partial charge in [0.25, 0.3) is 5.91 Å². The first kappa shape index (κ1) is 15.6. The van der Waals surface area contributed by atoms with Crippen LogP contribution in [-0.4, -0.2) is 29.7 Å². The highest BCUT2D eigenvalue weighted by molar-refractivity contribution is 5.92. The molecule has 0 saturated heterocycles. The fourth-order valence-corrected chi connectivity index (χ4v) is 1.61. The summed E-state index contributed by atoms with van der Waals surface area (Å²) < 4.78 is 15.1. The minimum Gasteiger partial charge on any atom is -0.479 e. The third-order valence-electron chi connectivity index (χ3n) is 2.63. The van der Waals surface area contributed by atoms with Crippen LogP contribution in [0.1, 0.15) is 12.7 Å². The second-order valence-corrected chi connectivity index (χ2v) is 4.55. The van der Waals surface area contributed by atoms with E-state index < -0.39 is 24.6 Å². The molecule has 1 aromatic heterocycles. The van der Waals surface area contributed by atoms with E-state index in [0.717, 1.165) is 0 Å². The molecule has 0 spiro atoms. The van der Waals surface area contributed by atoms with Crippen LogP contribution >= 0.6 is 0 Å². The molecule has 0 aliphatic heterocycles. The molecule has 1 heterocycles. The number of nitrogens with zero attached hydrogens (tertiary/aromatic N) is 1. The van der Waals surface area contributed by atoms with Gasteiger partial charge in [-0.2, -0.15) is 0 Å². The Morgan fingerprint density at radius 3 is 2.68 bits per heavy atom. The van der Waals surface area contributed by atoms with Crippen molar-refractivity contribution < 1.29 is 23.6 Å². The first-order valence-electron chi connectivity index (χ1n) is 6.66. The lowest BCUT2D eigenvalue weighted by Crippen LogP contribution is -2.29. The number of aryl methyl sites for hydroxylation is 1. The van der Waals surface area contributed by atoms with Gasteiger partial charge in [-0.1, -0.05) is 23.4 Å². The van der Waals surface area contributed by atoms with E-state index in [1.165, 1.54) is 0 Å². The van der Waals surface area contributed by atoms with Gasteiger partial charge in [-0.25, -0.2) is 4.79 Å². The topological polar surface area (TPSA) is 90.7 Å². The molecule has 0 unspecified atom stereocenters. The quantitative estimate of drug-likeness (QED) is 0.820. The van der Waals surface area contributed by atoms with Gasteiger partial charge in [-0.05, 0) is 26.0 Å².